The van der Waals surface area contributed by atoms with Crippen LogP contribution in [0.1, 0.15) is 30.9 Å². The van der Waals surface area contributed by atoms with Crippen molar-refractivity contribution in [2.45, 2.75) is 25.3 Å². The van der Waals surface area contributed by atoms with E-state index in [9.17, 15) is 24.6 Å². The zero-order valence-corrected chi connectivity index (χ0v) is 22.1. The number of phenols is 1. The predicted molar refractivity (Wildman–Crippen MR) is 137 cm³/mol. The van der Waals surface area contributed by atoms with E-state index in [4.69, 9.17) is 0 Å². The van der Waals surface area contributed by atoms with E-state index < -0.39 is 17.9 Å². The van der Waals surface area contributed by atoms with Crippen LogP contribution in [0.5, 0.6) is 5.75 Å². The van der Waals surface area contributed by atoms with Crippen molar-refractivity contribution in [1.82, 2.24) is 15.6 Å². The number of benzene rings is 2. The van der Waals surface area contributed by atoms with Gasteiger partial charge in [0.15, 0.2) is 0 Å². The third kappa shape index (κ3) is 9.33. The number of carbonyl (C=O) groups excluding carboxylic acids is 2. The average Bonchev–Trinajstić information content (AvgIpc) is 2.86. The molecule has 2 amide bonds. The maximum absolute atomic E-state index is 12.4. The van der Waals surface area contributed by atoms with Gasteiger partial charge in [0, 0.05) is 54.3 Å². The molecule has 0 aliphatic heterocycles. The number of phenolic OH excluding ortho intramolecular Hbond substituents is 1. The Kier molecular flexibility index (Phi) is 11.9. The summed E-state index contributed by atoms with van der Waals surface area (Å²) in [6.07, 6.45) is 2.08. The molecule has 1 radical (unpaired) electrons. The van der Waals surface area contributed by atoms with Crippen molar-refractivity contribution in [2.24, 2.45) is 0 Å². The minimum Gasteiger partial charge on any atom is -0.507 e. The Labute approximate surface area is 231 Å². The van der Waals surface area contributed by atoms with E-state index in [-0.39, 0.29) is 60.6 Å². The van der Waals surface area contributed by atoms with Crippen LogP contribution in [0.2, 0.25) is 0 Å². The summed E-state index contributed by atoms with van der Waals surface area (Å²) >= 11 is 0. The van der Waals surface area contributed by atoms with E-state index in [0.29, 0.717) is 24.1 Å². The number of carboxylic acid groups (broad SMARTS) is 1. The van der Waals surface area contributed by atoms with Gasteiger partial charge in [-0.3, -0.25) is 14.4 Å². The van der Waals surface area contributed by atoms with E-state index in [2.05, 4.69) is 20.9 Å². The molecule has 0 bridgehead atoms. The Bertz CT molecular complexity index is 1150. The first-order valence-corrected chi connectivity index (χ1v) is 11.2. The summed E-state index contributed by atoms with van der Waals surface area (Å²) in [7, 11) is 0. The fourth-order valence-electron chi connectivity index (χ4n) is 3.50. The fraction of sp³-hybridized carbons (Fsp3) is 0.231. The summed E-state index contributed by atoms with van der Waals surface area (Å²) in [6.45, 7) is 0.274. The summed E-state index contributed by atoms with van der Waals surface area (Å²) in [5.74, 6) is -1.22. The van der Waals surface area contributed by atoms with Gasteiger partial charge in [0.2, 0.25) is 11.8 Å². The van der Waals surface area contributed by atoms with Crippen molar-refractivity contribution in [3.05, 3.63) is 78.5 Å². The normalized spacial score (nSPS) is 11.0. The van der Waals surface area contributed by atoms with Gasteiger partial charge in [-0.1, -0.05) is 48.5 Å². The summed E-state index contributed by atoms with van der Waals surface area (Å²) < 4.78 is 0. The van der Waals surface area contributed by atoms with Gasteiger partial charge >= 0.3 is 5.97 Å². The zero-order valence-electron chi connectivity index (χ0n) is 20.1. The molecular weight excluding hydrogens is 471 g/mol. The van der Waals surface area contributed by atoms with Gasteiger partial charge in [-0.05, 0) is 35.7 Å². The molecule has 1 unspecified atom stereocenters. The number of carboxylic acids is 1. The molecular formula is C26H28N4NaO5. The number of nitrogens with one attached hydrogen (secondary N) is 3. The Morgan fingerprint density at radius 1 is 0.944 bits per heavy atom. The molecule has 0 saturated carbocycles. The molecule has 0 saturated heterocycles. The number of nitrogens with zero attached hydrogens (tertiary/aromatic N) is 1. The molecule has 0 spiro atoms. The molecule has 0 fully saturated rings. The van der Waals surface area contributed by atoms with E-state index >= 15 is 0 Å². The second kappa shape index (κ2) is 14.9. The topological polar surface area (TPSA) is 141 Å². The zero-order chi connectivity index (χ0) is 25.0. The summed E-state index contributed by atoms with van der Waals surface area (Å²) in [4.78, 5) is 39.9. The molecule has 1 heterocycles. The van der Waals surface area contributed by atoms with Gasteiger partial charge in [0.05, 0.1) is 19.0 Å². The number of aliphatic carboxylic acids is 1. The maximum Gasteiger partial charge on any atom is 0.305 e. The smallest absolute Gasteiger partial charge is 0.305 e. The van der Waals surface area contributed by atoms with E-state index in [1.54, 1.807) is 18.3 Å². The van der Waals surface area contributed by atoms with Crippen LogP contribution in [0.3, 0.4) is 0 Å². The van der Waals surface area contributed by atoms with Gasteiger partial charge < -0.3 is 26.2 Å². The average molecular weight is 500 g/mol. The predicted octanol–water partition coefficient (Wildman–Crippen LogP) is 2.71. The number of anilines is 1. The Balaban J connectivity index is 0.00000456. The molecule has 10 heteroatoms. The summed E-state index contributed by atoms with van der Waals surface area (Å²) in [5.41, 5.74) is 1.86. The van der Waals surface area contributed by atoms with Crippen LogP contribution in [0.4, 0.5) is 5.82 Å². The van der Waals surface area contributed by atoms with Crippen LogP contribution in [0.15, 0.2) is 72.9 Å². The number of pyridine rings is 1. The Morgan fingerprint density at radius 2 is 1.69 bits per heavy atom. The third-order valence-electron chi connectivity index (χ3n) is 5.22. The van der Waals surface area contributed by atoms with Crippen molar-refractivity contribution in [1.29, 1.82) is 0 Å². The van der Waals surface area contributed by atoms with Crippen molar-refractivity contribution < 1.29 is 24.6 Å². The first kappa shape index (κ1) is 28.8. The van der Waals surface area contributed by atoms with Crippen LogP contribution in [-0.2, 0) is 14.4 Å². The molecule has 3 rings (SSSR count). The first-order chi connectivity index (χ1) is 16.9. The number of hydrogen-bond acceptors (Lipinski definition) is 6. The number of rotatable bonds is 12. The molecule has 9 nitrogen and oxygen atoms in total. The molecule has 2 aromatic carbocycles. The minimum absolute atomic E-state index is 0. The number of carbonyl (C=O) groups is 3. The van der Waals surface area contributed by atoms with Gasteiger partial charge in [0.25, 0.3) is 0 Å². The molecule has 0 aliphatic carbocycles. The summed E-state index contributed by atoms with van der Waals surface area (Å²) in [5, 5.41) is 28.0. The second-order valence-corrected chi connectivity index (χ2v) is 7.88. The largest absolute Gasteiger partial charge is 0.507 e. The van der Waals surface area contributed by atoms with Crippen LogP contribution in [0.25, 0.3) is 11.1 Å². The van der Waals surface area contributed by atoms with Gasteiger partial charge in [-0.2, -0.15) is 0 Å². The first-order valence-electron chi connectivity index (χ1n) is 11.2. The Hall–Kier alpha value is -3.40. The Morgan fingerprint density at radius 3 is 2.36 bits per heavy atom. The van der Waals surface area contributed by atoms with Crippen molar-refractivity contribution in [3.8, 4) is 16.9 Å². The SMILES string of the molecule is O=C(O)CC(NC(=O)CNC(=O)CCCNc1ccccn1)c1ccc(-c2ccccc2)c(O)c1.[Na]. The summed E-state index contributed by atoms with van der Waals surface area (Å²) in [6, 6.07) is 18.7. The number of amides is 2. The number of aromatic hydroxyl groups is 1. The van der Waals surface area contributed by atoms with Crippen molar-refractivity contribution >= 4 is 53.2 Å². The van der Waals surface area contributed by atoms with Gasteiger partial charge in [-0.25, -0.2) is 4.98 Å². The molecule has 5 N–H and O–H groups in total. The maximum atomic E-state index is 12.4. The molecule has 183 valence electrons. The second-order valence-electron chi connectivity index (χ2n) is 7.88. The van der Waals surface area contributed by atoms with Crippen molar-refractivity contribution in [2.75, 3.05) is 18.4 Å². The molecule has 1 atom stereocenters. The third-order valence-corrected chi connectivity index (χ3v) is 5.22. The van der Waals surface area contributed by atoms with E-state index in [0.717, 1.165) is 11.4 Å². The molecule has 36 heavy (non-hydrogen) atoms. The number of aromatic nitrogens is 1. The van der Waals surface area contributed by atoms with Gasteiger partial charge in [0.1, 0.15) is 11.6 Å². The van der Waals surface area contributed by atoms with Crippen LogP contribution < -0.4 is 16.0 Å². The molecule has 3 aromatic rings. The van der Waals surface area contributed by atoms with E-state index in [1.807, 2.05) is 48.5 Å². The quantitative estimate of drug-likeness (QED) is 0.191. The number of hydrogen-bond donors (Lipinski definition) is 5. The monoisotopic (exact) mass is 499 g/mol. The molecule has 1 aromatic heterocycles. The molecule has 0 aliphatic rings. The van der Waals surface area contributed by atoms with Crippen LogP contribution >= 0.6 is 0 Å². The van der Waals surface area contributed by atoms with Crippen molar-refractivity contribution in [3.63, 3.8) is 0 Å². The van der Waals surface area contributed by atoms with Crippen LogP contribution in [0, 0.1) is 0 Å². The van der Waals surface area contributed by atoms with Gasteiger partial charge in [-0.15, -0.1) is 0 Å². The van der Waals surface area contributed by atoms with Crippen LogP contribution in [-0.4, -0.2) is 75.6 Å². The van der Waals surface area contributed by atoms with E-state index in [1.165, 1.54) is 6.07 Å². The fourth-order valence-corrected chi connectivity index (χ4v) is 3.50. The standard InChI is InChI=1S/C26H28N4O5.Na/c31-22-15-19(11-12-20(22)18-7-2-1-3-8-18)21(16-26(34)35)30-25(33)17-29-24(32)10-6-14-28-23-9-4-5-13-27-23;/h1-5,7-9,11-13,15,21,31H,6,10,14,16-17H2,(H,27,28)(H,29,32)(H,30,33)(H,34,35);. The minimum atomic E-state index is -1.11.